The Bertz CT molecular complexity index is 1030. The van der Waals surface area contributed by atoms with E-state index < -0.39 is 36.1 Å². The number of benzene rings is 1. The van der Waals surface area contributed by atoms with Crippen LogP contribution in [-0.4, -0.2) is 64.7 Å². The van der Waals surface area contributed by atoms with Crippen LogP contribution in [0.2, 0.25) is 0 Å². The topological polar surface area (TPSA) is 157 Å². The highest BCUT2D eigenvalue weighted by Crippen LogP contribution is 2.33. The molecular formula is C17H17N5O6S. The molecule has 1 saturated heterocycles. The summed E-state index contributed by atoms with van der Waals surface area (Å²) >= 11 is 1.39. The summed E-state index contributed by atoms with van der Waals surface area (Å²) in [5, 5.41) is 40.8. The zero-order valence-corrected chi connectivity index (χ0v) is 15.7. The Morgan fingerprint density at radius 1 is 1.17 bits per heavy atom. The second-order valence-electron chi connectivity index (χ2n) is 6.44. The third-order valence-corrected chi connectivity index (χ3v) is 5.69. The van der Waals surface area contributed by atoms with Crippen molar-refractivity contribution < 1.29 is 25.0 Å². The molecule has 0 radical (unpaired) electrons. The van der Waals surface area contributed by atoms with Gasteiger partial charge in [-0.15, -0.1) is 0 Å². The first-order valence-corrected chi connectivity index (χ1v) is 9.64. The Hall–Kier alpha value is -2.64. The fourth-order valence-electron chi connectivity index (χ4n) is 3.10. The molecule has 1 aromatic carbocycles. The molecule has 12 heteroatoms. The molecule has 4 atom stereocenters. The maximum absolute atomic E-state index is 10.7. The van der Waals surface area contributed by atoms with Crippen LogP contribution in [-0.2, 0) is 10.5 Å². The summed E-state index contributed by atoms with van der Waals surface area (Å²) in [6, 6.07) is 6.26. The molecule has 1 fully saturated rings. The van der Waals surface area contributed by atoms with Crippen molar-refractivity contribution in [1.82, 2.24) is 19.5 Å². The number of ether oxygens (including phenoxy) is 1. The summed E-state index contributed by atoms with van der Waals surface area (Å²) in [5.74, 6) is 0.519. The molecule has 152 valence electrons. The van der Waals surface area contributed by atoms with E-state index in [9.17, 15) is 25.4 Å². The van der Waals surface area contributed by atoms with Gasteiger partial charge in [0, 0.05) is 17.9 Å². The van der Waals surface area contributed by atoms with Crippen LogP contribution >= 0.6 is 11.8 Å². The van der Waals surface area contributed by atoms with Crippen molar-refractivity contribution in [2.75, 3.05) is 6.61 Å². The number of hydrogen-bond acceptors (Lipinski definition) is 10. The predicted molar refractivity (Wildman–Crippen MR) is 101 cm³/mol. The van der Waals surface area contributed by atoms with Gasteiger partial charge in [-0.05, 0) is 5.56 Å². The van der Waals surface area contributed by atoms with E-state index in [1.807, 2.05) is 0 Å². The molecular weight excluding hydrogens is 402 g/mol. The highest BCUT2D eigenvalue weighted by Gasteiger charge is 2.44. The highest BCUT2D eigenvalue weighted by atomic mass is 32.2. The van der Waals surface area contributed by atoms with Gasteiger partial charge in [-0.3, -0.25) is 14.7 Å². The van der Waals surface area contributed by atoms with E-state index in [0.717, 1.165) is 5.56 Å². The lowest BCUT2D eigenvalue weighted by molar-refractivity contribution is -0.384. The molecule has 11 nitrogen and oxygen atoms in total. The number of aliphatic hydroxyl groups is 3. The van der Waals surface area contributed by atoms with Crippen molar-refractivity contribution in [3.05, 3.63) is 52.6 Å². The third kappa shape index (κ3) is 3.68. The van der Waals surface area contributed by atoms with Gasteiger partial charge < -0.3 is 20.1 Å². The van der Waals surface area contributed by atoms with Gasteiger partial charge in [0.25, 0.3) is 5.69 Å². The number of nitro groups is 1. The van der Waals surface area contributed by atoms with Crippen LogP contribution in [0.15, 0.2) is 41.9 Å². The lowest BCUT2D eigenvalue weighted by atomic mass is 10.1. The third-order valence-electron chi connectivity index (χ3n) is 4.64. The average molecular weight is 419 g/mol. The Balaban J connectivity index is 1.55. The van der Waals surface area contributed by atoms with E-state index >= 15 is 0 Å². The lowest BCUT2D eigenvalue weighted by Crippen LogP contribution is -2.33. The van der Waals surface area contributed by atoms with E-state index in [1.165, 1.54) is 41.1 Å². The standard InChI is InChI=1S/C17H17N5O6S/c23-5-11-13(24)14(25)17(28-11)21-8-20-12-15(21)18-7-19-16(12)29-6-9-1-3-10(4-2-9)22(26)27/h1-4,7-8,11,13-14,17,23-25H,5-6H2/t11-,13-,14-,17+/m0/s1. The summed E-state index contributed by atoms with van der Waals surface area (Å²) in [6.45, 7) is -0.424. The Morgan fingerprint density at radius 2 is 1.93 bits per heavy atom. The quantitative estimate of drug-likeness (QED) is 0.224. The molecule has 1 aliphatic heterocycles. The van der Waals surface area contributed by atoms with Crippen molar-refractivity contribution in [2.45, 2.75) is 35.3 Å². The van der Waals surface area contributed by atoms with E-state index in [1.54, 1.807) is 12.1 Å². The normalized spacial score (nSPS) is 24.2. The molecule has 0 bridgehead atoms. The van der Waals surface area contributed by atoms with Gasteiger partial charge in [-0.25, -0.2) is 15.0 Å². The van der Waals surface area contributed by atoms with Crippen LogP contribution in [0.1, 0.15) is 11.8 Å². The minimum Gasteiger partial charge on any atom is -0.394 e. The van der Waals surface area contributed by atoms with Crippen LogP contribution in [0.25, 0.3) is 11.2 Å². The smallest absolute Gasteiger partial charge is 0.269 e. The summed E-state index contributed by atoms with van der Waals surface area (Å²) < 4.78 is 7.03. The number of hydrogen-bond donors (Lipinski definition) is 3. The Labute approximate surface area is 168 Å². The van der Waals surface area contributed by atoms with Crippen molar-refractivity contribution >= 4 is 28.6 Å². The highest BCUT2D eigenvalue weighted by molar-refractivity contribution is 7.98. The zero-order valence-electron chi connectivity index (χ0n) is 14.9. The summed E-state index contributed by atoms with van der Waals surface area (Å²) in [7, 11) is 0. The zero-order chi connectivity index (χ0) is 20.5. The minimum absolute atomic E-state index is 0.0282. The summed E-state index contributed by atoms with van der Waals surface area (Å²) in [5.41, 5.74) is 1.83. The van der Waals surface area contributed by atoms with Crippen LogP contribution < -0.4 is 0 Å². The molecule has 0 unspecified atom stereocenters. The molecule has 0 amide bonds. The first-order valence-electron chi connectivity index (χ1n) is 8.65. The number of aliphatic hydroxyl groups excluding tert-OH is 3. The number of rotatable bonds is 6. The number of fused-ring (bicyclic) bond motifs is 1. The van der Waals surface area contributed by atoms with Gasteiger partial charge in [0.2, 0.25) is 0 Å². The average Bonchev–Trinajstić information content (AvgIpc) is 3.28. The van der Waals surface area contributed by atoms with Crippen LogP contribution in [0, 0.1) is 10.1 Å². The maximum atomic E-state index is 10.7. The molecule has 0 spiro atoms. The minimum atomic E-state index is -1.24. The van der Waals surface area contributed by atoms with Gasteiger partial charge >= 0.3 is 0 Å². The fourth-order valence-corrected chi connectivity index (χ4v) is 4.00. The summed E-state index contributed by atoms with van der Waals surface area (Å²) in [4.78, 5) is 23.1. The molecule has 3 aromatic rings. The molecule has 4 rings (SSSR count). The number of aromatic nitrogens is 4. The van der Waals surface area contributed by atoms with Crippen molar-refractivity contribution in [3.8, 4) is 0 Å². The molecule has 0 aliphatic carbocycles. The number of thioether (sulfide) groups is 1. The second-order valence-corrected chi connectivity index (χ2v) is 7.41. The monoisotopic (exact) mass is 419 g/mol. The summed E-state index contributed by atoms with van der Waals surface area (Å²) in [6.07, 6.45) is -1.49. The first kappa shape index (κ1) is 19.7. The molecule has 29 heavy (non-hydrogen) atoms. The predicted octanol–water partition coefficient (Wildman–Crippen LogP) is 0.638. The van der Waals surface area contributed by atoms with Gasteiger partial charge in [0.1, 0.15) is 35.2 Å². The SMILES string of the molecule is O=[N+]([O-])c1ccc(CSc2ncnc3c2ncn3[C@@H]2O[C@@H](CO)[C@H](O)[C@@H]2O)cc1. The number of non-ortho nitro benzene ring substituents is 1. The van der Waals surface area contributed by atoms with E-state index in [2.05, 4.69) is 15.0 Å². The largest absolute Gasteiger partial charge is 0.394 e. The van der Waals surface area contributed by atoms with E-state index in [0.29, 0.717) is 21.9 Å². The van der Waals surface area contributed by atoms with Gasteiger partial charge in [-0.1, -0.05) is 23.9 Å². The second kappa shape index (κ2) is 8.00. The Kier molecular flexibility index (Phi) is 5.43. The molecule has 0 saturated carbocycles. The number of nitrogens with zero attached hydrogens (tertiary/aromatic N) is 5. The molecule has 3 heterocycles. The van der Waals surface area contributed by atoms with Crippen molar-refractivity contribution in [2.24, 2.45) is 0 Å². The van der Waals surface area contributed by atoms with Gasteiger partial charge in [0.15, 0.2) is 11.9 Å². The van der Waals surface area contributed by atoms with E-state index in [4.69, 9.17) is 4.74 Å². The maximum Gasteiger partial charge on any atom is 0.269 e. The van der Waals surface area contributed by atoms with Gasteiger partial charge in [-0.2, -0.15) is 0 Å². The molecule has 2 aromatic heterocycles. The van der Waals surface area contributed by atoms with Crippen LogP contribution in [0.3, 0.4) is 0 Å². The molecule has 3 N–H and O–H groups in total. The van der Waals surface area contributed by atoms with Crippen LogP contribution in [0.5, 0.6) is 0 Å². The number of imidazole rings is 1. The number of nitro benzene ring substituents is 1. The van der Waals surface area contributed by atoms with Crippen molar-refractivity contribution in [1.29, 1.82) is 0 Å². The Morgan fingerprint density at radius 3 is 2.59 bits per heavy atom. The first-order chi connectivity index (χ1) is 14.0. The van der Waals surface area contributed by atoms with Gasteiger partial charge in [0.05, 0.1) is 17.9 Å². The van der Waals surface area contributed by atoms with E-state index in [-0.39, 0.29) is 5.69 Å². The van der Waals surface area contributed by atoms with Crippen molar-refractivity contribution in [3.63, 3.8) is 0 Å². The fraction of sp³-hybridized carbons (Fsp3) is 0.353. The molecule has 1 aliphatic rings. The lowest BCUT2D eigenvalue weighted by Gasteiger charge is -2.16. The van der Waals surface area contributed by atoms with Crippen LogP contribution in [0.4, 0.5) is 5.69 Å².